The van der Waals surface area contributed by atoms with Gasteiger partial charge in [0.25, 0.3) is 0 Å². The number of methoxy groups -OCH3 is 1. The third kappa shape index (κ3) is 2.01. The molecule has 2 rings (SSSR count). The van der Waals surface area contributed by atoms with Gasteiger partial charge in [0.05, 0.1) is 7.11 Å². The second-order valence-electron chi connectivity index (χ2n) is 3.34. The summed E-state index contributed by atoms with van der Waals surface area (Å²) in [5.41, 5.74) is 5.65. The predicted octanol–water partition coefficient (Wildman–Crippen LogP) is 1.18. The highest BCUT2D eigenvalue weighted by Gasteiger charge is 2.45. The summed E-state index contributed by atoms with van der Waals surface area (Å²) in [6.07, 6.45) is -3.74. The summed E-state index contributed by atoms with van der Waals surface area (Å²) in [6.45, 7) is 0. The first-order chi connectivity index (χ1) is 7.94. The number of nitrogens with two attached hydrogens (primary N) is 1. The van der Waals surface area contributed by atoms with Gasteiger partial charge < -0.3 is 19.9 Å². The first kappa shape index (κ1) is 11.6. The van der Waals surface area contributed by atoms with Gasteiger partial charge >= 0.3 is 12.3 Å². The molecule has 2 N–H and O–H groups in total. The lowest BCUT2D eigenvalue weighted by Crippen LogP contribution is -2.27. The van der Waals surface area contributed by atoms with Crippen molar-refractivity contribution in [1.29, 1.82) is 0 Å². The maximum absolute atomic E-state index is 12.9. The lowest BCUT2D eigenvalue weighted by atomic mass is 10.1. The van der Waals surface area contributed by atoms with Crippen LogP contribution in [-0.4, -0.2) is 19.4 Å². The zero-order chi connectivity index (χ0) is 12.6. The molecule has 0 spiro atoms. The Morgan fingerprint density at radius 1 is 1.47 bits per heavy atom. The minimum Gasteiger partial charge on any atom is -0.468 e. The zero-order valence-corrected chi connectivity index (χ0v) is 8.78. The van der Waals surface area contributed by atoms with Crippen LogP contribution in [0.5, 0.6) is 11.5 Å². The highest BCUT2D eigenvalue weighted by molar-refractivity contribution is 5.79. The average molecular weight is 245 g/mol. The lowest BCUT2D eigenvalue weighted by Gasteiger charge is -2.11. The van der Waals surface area contributed by atoms with Crippen LogP contribution in [0.4, 0.5) is 8.78 Å². The van der Waals surface area contributed by atoms with E-state index in [1.165, 1.54) is 18.2 Å². The van der Waals surface area contributed by atoms with Gasteiger partial charge in [-0.1, -0.05) is 12.1 Å². The van der Waals surface area contributed by atoms with Crippen molar-refractivity contribution in [3.63, 3.8) is 0 Å². The quantitative estimate of drug-likeness (QED) is 0.792. The van der Waals surface area contributed by atoms with Crippen molar-refractivity contribution in [2.24, 2.45) is 5.73 Å². The predicted molar refractivity (Wildman–Crippen MR) is 51.6 cm³/mol. The van der Waals surface area contributed by atoms with E-state index in [-0.39, 0.29) is 17.1 Å². The number of rotatable bonds is 2. The Kier molecular flexibility index (Phi) is 2.62. The molecule has 0 aromatic heterocycles. The van der Waals surface area contributed by atoms with Crippen molar-refractivity contribution in [3.8, 4) is 11.5 Å². The summed E-state index contributed by atoms with van der Waals surface area (Å²) in [5, 5.41) is 0. The summed E-state index contributed by atoms with van der Waals surface area (Å²) in [5.74, 6) is -1.15. The third-order valence-electron chi connectivity index (χ3n) is 2.25. The molecule has 1 heterocycles. The molecule has 1 aromatic rings. The number of carbonyl (C=O) groups excluding carboxylic acids is 1. The molecular formula is C10H9F2NO4. The van der Waals surface area contributed by atoms with Crippen LogP contribution in [-0.2, 0) is 9.53 Å². The number of alkyl halides is 2. The van der Waals surface area contributed by atoms with E-state index in [2.05, 4.69) is 14.2 Å². The number of benzene rings is 1. The van der Waals surface area contributed by atoms with E-state index in [0.29, 0.717) is 0 Å². The number of carbonyl (C=O) groups is 1. The molecule has 1 aliphatic heterocycles. The Labute approximate surface area is 95.1 Å². The number of hydrogen-bond acceptors (Lipinski definition) is 5. The highest BCUT2D eigenvalue weighted by atomic mass is 19.3. The molecule has 0 saturated heterocycles. The van der Waals surface area contributed by atoms with Crippen LogP contribution in [0.15, 0.2) is 18.2 Å². The largest absolute Gasteiger partial charge is 0.586 e. The van der Waals surface area contributed by atoms with E-state index in [1.54, 1.807) is 0 Å². The summed E-state index contributed by atoms with van der Waals surface area (Å²) >= 11 is 0. The molecule has 1 aliphatic rings. The van der Waals surface area contributed by atoms with E-state index in [1.807, 2.05) is 0 Å². The second kappa shape index (κ2) is 3.85. The second-order valence-corrected chi connectivity index (χ2v) is 3.34. The van der Waals surface area contributed by atoms with E-state index >= 15 is 0 Å². The smallest absolute Gasteiger partial charge is 0.468 e. The van der Waals surface area contributed by atoms with Crippen molar-refractivity contribution in [1.82, 2.24) is 0 Å². The maximum atomic E-state index is 12.9. The van der Waals surface area contributed by atoms with Gasteiger partial charge in [-0.2, -0.15) is 0 Å². The van der Waals surface area contributed by atoms with Crippen LogP contribution in [0, 0.1) is 0 Å². The SMILES string of the molecule is COC(=O)[C@H](N)c1cccc2c1OC(F)(F)O2. The number of fused-ring (bicyclic) bond motifs is 1. The van der Waals surface area contributed by atoms with E-state index < -0.39 is 18.3 Å². The van der Waals surface area contributed by atoms with Gasteiger partial charge in [0.15, 0.2) is 11.5 Å². The number of hydrogen-bond donors (Lipinski definition) is 1. The van der Waals surface area contributed by atoms with Crippen molar-refractivity contribution >= 4 is 5.97 Å². The Morgan fingerprint density at radius 2 is 2.18 bits per heavy atom. The van der Waals surface area contributed by atoms with Crippen molar-refractivity contribution in [2.45, 2.75) is 12.3 Å². The topological polar surface area (TPSA) is 70.8 Å². The summed E-state index contributed by atoms with van der Waals surface area (Å²) in [4.78, 5) is 11.2. The lowest BCUT2D eigenvalue weighted by molar-refractivity contribution is -0.287. The van der Waals surface area contributed by atoms with Gasteiger partial charge in [-0.15, -0.1) is 8.78 Å². The molecule has 0 fully saturated rings. The molecule has 17 heavy (non-hydrogen) atoms. The van der Waals surface area contributed by atoms with Crippen molar-refractivity contribution < 1.29 is 27.8 Å². The van der Waals surface area contributed by atoms with Crippen molar-refractivity contribution in [3.05, 3.63) is 23.8 Å². The normalized spacial score (nSPS) is 17.6. The fourth-order valence-corrected chi connectivity index (χ4v) is 1.49. The molecule has 0 aliphatic carbocycles. The molecule has 1 atom stereocenters. The minimum absolute atomic E-state index is 0.0894. The summed E-state index contributed by atoms with van der Waals surface area (Å²) < 4.78 is 38.7. The Morgan fingerprint density at radius 3 is 2.82 bits per heavy atom. The van der Waals surface area contributed by atoms with Crippen LogP contribution in [0.3, 0.4) is 0 Å². The van der Waals surface area contributed by atoms with Gasteiger partial charge in [0.2, 0.25) is 0 Å². The molecule has 0 radical (unpaired) electrons. The van der Waals surface area contributed by atoms with Gasteiger partial charge in [-0.3, -0.25) is 4.79 Å². The standard InChI is InChI=1S/C10H9F2NO4/c1-15-9(14)7(13)5-3-2-4-6-8(5)17-10(11,12)16-6/h2-4,7H,13H2,1H3/t7-/m1/s1. The number of ether oxygens (including phenoxy) is 3. The van der Waals surface area contributed by atoms with Crippen LogP contribution >= 0.6 is 0 Å². The Bertz CT molecular complexity index is 464. The first-order valence-corrected chi connectivity index (χ1v) is 4.67. The molecule has 92 valence electrons. The molecule has 1 aromatic carbocycles. The van der Waals surface area contributed by atoms with Crippen LogP contribution in [0.25, 0.3) is 0 Å². The molecule has 0 unspecified atom stereocenters. The number of halogens is 2. The highest BCUT2D eigenvalue weighted by Crippen LogP contribution is 2.44. The maximum Gasteiger partial charge on any atom is 0.586 e. The Balaban J connectivity index is 2.39. The molecule has 0 saturated carbocycles. The van der Waals surface area contributed by atoms with Crippen molar-refractivity contribution in [2.75, 3.05) is 7.11 Å². The Hall–Kier alpha value is -1.89. The van der Waals surface area contributed by atoms with Crippen LogP contribution in [0.1, 0.15) is 11.6 Å². The summed E-state index contributed by atoms with van der Waals surface area (Å²) in [7, 11) is 1.15. The fraction of sp³-hybridized carbons (Fsp3) is 0.300. The molecule has 0 amide bonds. The fourth-order valence-electron chi connectivity index (χ4n) is 1.49. The van der Waals surface area contributed by atoms with Gasteiger partial charge in [-0.25, -0.2) is 0 Å². The average Bonchev–Trinajstić information content (AvgIpc) is 2.60. The molecular weight excluding hydrogens is 236 g/mol. The minimum atomic E-state index is -3.74. The van der Waals surface area contributed by atoms with Gasteiger partial charge in [0, 0.05) is 5.56 Å². The van der Waals surface area contributed by atoms with E-state index in [4.69, 9.17) is 5.73 Å². The zero-order valence-electron chi connectivity index (χ0n) is 8.78. The summed E-state index contributed by atoms with van der Waals surface area (Å²) in [6, 6.07) is 2.92. The van der Waals surface area contributed by atoms with E-state index in [9.17, 15) is 13.6 Å². The van der Waals surface area contributed by atoms with Crippen LogP contribution < -0.4 is 15.2 Å². The molecule has 7 heteroatoms. The molecule has 0 bridgehead atoms. The van der Waals surface area contributed by atoms with Crippen LogP contribution in [0.2, 0.25) is 0 Å². The number of para-hydroxylation sites is 1. The van der Waals surface area contributed by atoms with Gasteiger partial charge in [-0.05, 0) is 6.07 Å². The third-order valence-corrected chi connectivity index (χ3v) is 2.25. The van der Waals surface area contributed by atoms with E-state index in [0.717, 1.165) is 7.11 Å². The monoisotopic (exact) mass is 245 g/mol. The first-order valence-electron chi connectivity index (χ1n) is 4.67. The van der Waals surface area contributed by atoms with Gasteiger partial charge in [0.1, 0.15) is 6.04 Å². The number of esters is 1. The molecule has 5 nitrogen and oxygen atoms in total.